The summed E-state index contributed by atoms with van der Waals surface area (Å²) in [5, 5.41) is 30.2. The van der Waals surface area contributed by atoms with Crippen molar-refractivity contribution in [3.05, 3.63) is 53.6 Å². The maximum Gasteiger partial charge on any atom is 0.170 e. The molecule has 1 aromatic carbocycles. The fourth-order valence-corrected chi connectivity index (χ4v) is 3.12. The molecular formula is C21H27NO5. The summed E-state index contributed by atoms with van der Waals surface area (Å²) in [5.41, 5.74) is 1.46. The molecule has 2 rings (SSSR count). The van der Waals surface area contributed by atoms with Crippen molar-refractivity contribution in [2.45, 2.75) is 39.3 Å². The number of nitrogens with zero attached hydrogens (tertiary/aromatic N) is 1. The number of hydroxylamine groups is 2. The normalized spacial score (nSPS) is 25.7. The Bertz CT molecular complexity index is 737. The largest absolute Gasteiger partial charge is 0.508 e. The Morgan fingerprint density at radius 3 is 2.52 bits per heavy atom. The second-order valence-corrected chi connectivity index (χ2v) is 7.09. The minimum atomic E-state index is -1.58. The molecule has 3 N–H and O–H groups in total. The van der Waals surface area contributed by atoms with Gasteiger partial charge in [-0.05, 0) is 36.6 Å². The van der Waals surface area contributed by atoms with Crippen LogP contribution in [0.2, 0.25) is 0 Å². The van der Waals surface area contributed by atoms with E-state index in [-0.39, 0.29) is 12.3 Å². The van der Waals surface area contributed by atoms with Gasteiger partial charge in [-0.2, -0.15) is 5.06 Å². The number of phenols is 1. The van der Waals surface area contributed by atoms with Gasteiger partial charge in [0.15, 0.2) is 11.6 Å². The summed E-state index contributed by atoms with van der Waals surface area (Å²) in [7, 11) is 0. The average Bonchev–Trinajstić information content (AvgIpc) is 2.64. The SMILES string of the molecule is CC[C@@H](C)/C=C(C)/C=C/C(=O)[C@H]1C(=O)[C@@H](c2ccc(O)cc2)CN(O)[C@H]1O. The molecule has 1 saturated heterocycles. The van der Waals surface area contributed by atoms with E-state index < -0.39 is 29.6 Å². The number of phenolic OH excluding ortho intramolecular Hbond substituents is 1. The van der Waals surface area contributed by atoms with Crippen LogP contribution in [0.4, 0.5) is 0 Å². The molecule has 0 aliphatic carbocycles. The van der Waals surface area contributed by atoms with E-state index in [1.165, 1.54) is 18.2 Å². The lowest BCUT2D eigenvalue weighted by Crippen LogP contribution is -2.54. The van der Waals surface area contributed by atoms with Gasteiger partial charge in [0.1, 0.15) is 17.9 Å². The third-order valence-electron chi connectivity index (χ3n) is 4.93. The van der Waals surface area contributed by atoms with E-state index in [0.29, 0.717) is 16.5 Å². The van der Waals surface area contributed by atoms with Crippen molar-refractivity contribution in [3.63, 3.8) is 0 Å². The number of aliphatic hydroxyl groups is 1. The molecule has 1 heterocycles. The molecule has 0 bridgehead atoms. The molecule has 4 atom stereocenters. The lowest BCUT2D eigenvalue weighted by molar-refractivity contribution is -0.227. The number of allylic oxidation sites excluding steroid dienone is 4. The Balaban J connectivity index is 2.22. The number of piperidine rings is 1. The molecule has 146 valence electrons. The van der Waals surface area contributed by atoms with Crippen molar-refractivity contribution in [2.75, 3.05) is 6.54 Å². The number of hydrogen-bond acceptors (Lipinski definition) is 6. The lowest BCUT2D eigenvalue weighted by atomic mass is 9.80. The number of carbonyl (C=O) groups excluding carboxylic acids is 2. The summed E-state index contributed by atoms with van der Waals surface area (Å²) in [6.45, 7) is 5.89. The number of aliphatic hydroxyl groups excluding tert-OH is 1. The smallest absolute Gasteiger partial charge is 0.170 e. The maximum atomic E-state index is 12.8. The highest BCUT2D eigenvalue weighted by Crippen LogP contribution is 2.31. The van der Waals surface area contributed by atoms with Crippen molar-refractivity contribution in [2.24, 2.45) is 11.8 Å². The number of rotatable bonds is 6. The monoisotopic (exact) mass is 373 g/mol. The highest BCUT2D eigenvalue weighted by atomic mass is 16.5. The fourth-order valence-electron chi connectivity index (χ4n) is 3.12. The Morgan fingerprint density at radius 1 is 1.30 bits per heavy atom. The Morgan fingerprint density at radius 2 is 1.93 bits per heavy atom. The second kappa shape index (κ2) is 9.08. The van der Waals surface area contributed by atoms with Crippen molar-refractivity contribution in [1.29, 1.82) is 0 Å². The summed E-state index contributed by atoms with van der Waals surface area (Å²) >= 11 is 0. The number of benzene rings is 1. The second-order valence-electron chi connectivity index (χ2n) is 7.09. The summed E-state index contributed by atoms with van der Waals surface area (Å²) < 4.78 is 0. The third-order valence-corrected chi connectivity index (χ3v) is 4.93. The predicted octanol–water partition coefficient (Wildman–Crippen LogP) is 2.80. The van der Waals surface area contributed by atoms with Gasteiger partial charge in [-0.3, -0.25) is 9.59 Å². The van der Waals surface area contributed by atoms with E-state index in [4.69, 9.17) is 0 Å². The molecular weight excluding hydrogens is 346 g/mol. The van der Waals surface area contributed by atoms with Crippen LogP contribution in [-0.2, 0) is 9.59 Å². The Kier molecular flexibility index (Phi) is 7.07. The van der Waals surface area contributed by atoms with Gasteiger partial charge in [0, 0.05) is 6.54 Å². The van der Waals surface area contributed by atoms with Gasteiger partial charge < -0.3 is 15.4 Å². The number of hydrogen-bond donors (Lipinski definition) is 3. The predicted molar refractivity (Wildman–Crippen MR) is 101 cm³/mol. The molecule has 1 aliphatic rings. The summed E-state index contributed by atoms with van der Waals surface area (Å²) in [4.78, 5) is 25.4. The van der Waals surface area contributed by atoms with Crippen molar-refractivity contribution < 1.29 is 25.0 Å². The topological polar surface area (TPSA) is 98.1 Å². The zero-order valence-electron chi connectivity index (χ0n) is 15.9. The van der Waals surface area contributed by atoms with Gasteiger partial charge in [0.25, 0.3) is 0 Å². The van der Waals surface area contributed by atoms with E-state index in [0.717, 1.165) is 12.0 Å². The van der Waals surface area contributed by atoms with Crippen LogP contribution in [0.3, 0.4) is 0 Å². The zero-order valence-corrected chi connectivity index (χ0v) is 15.9. The highest BCUT2D eigenvalue weighted by molar-refractivity contribution is 6.10. The maximum absolute atomic E-state index is 12.8. The number of Topliss-reactive ketones (excluding diaryl/α,β-unsaturated/α-hetero) is 1. The van der Waals surface area contributed by atoms with Crippen LogP contribution in [0.25, 0.3) is 0 Å². The first kappa shape index (κ1) is 21.0. The van der Waals surface area contributed by atoms with Gasteiger partial charge in [-0.1, -0.05) is 50.1 Å². The van der Waals surface area contributed by atoms with Gasteiger partial charge in [0.2, 0.25) is 0 Å². The summed E-state index contributed by atoms with van der Waals surface area (Å²) in [6, 6.07) is 6.02. The summed E-state index contributed by atoms with van der Waals surface area (Å²) in [5.74, 6) is -2.70. The molecule has 6 heteroatoms. The molecule has 0 aromatic heterocycles. The quantitative estimate of drug-likeness (QED) is 0.403. The standard InChI is InChI=1S/C21H27NO5/c1-4-13(2)11-14(3)5-10-18(24)19-20(25)17(12-22(27)21(19)26)15-6-8-16(23)9-7-15/h5-11,13,17,19,21,23,26-27H,4,12H2,1-3H3/b10-5+,14-11+/t13-,17-,19+,21+/m1/s1. The molecule has 0 amide bonds. The minimum absolute atomic E-state index is 0.0574. The molecule has 0 unspecified atom stereocenters. The number of carbonyl (C=O) groups is 2. The Hall–Kier alpha value is -2.28. The first-order valence-electron chi connectivity index (χ1n) is 9.11. The van der Waals surface area contributed by atoms with E-state index in [2.05, 4.69) is 13.8 Å². The van der Waals surface area contributed by atoms with Crippen LogP contribution in [0.1, 0.15) is 38.7 Å². The van der Waals surface area contributed by atoms with Gasteiger partial charge in [-0.15, -0.1) is 0 Å². The van der Waals surface area contributed by atoms with E-state index in [1.807, 2.05) is 13.0 Å². The van der Waals surface area contributed by atoms with Crippen LogP contribution in [0.5, 0.6) is 5.75 Å². The molecule has 1 aliphatic heterocycles. The molecule has 0 saturated carbocycles. The lowest BCUT2D eigenvalue weighted by Gasteiger charge is -2.36. The average molecular weight is 373 g/mol. The molecule has 1 aromatic rings. The number of aromatic hydroxyl groups is 1. The summed E-state index contributed by atoms with van der Waals surface area (Å²) in [6.07, 6.45) is 4.34. The minimum Gasteiger partial charge on any atom is -0.508 e. The van der Waals surface area contributed by atoms with Crippen LogP contribution >= 0.6 is 0 Å². The Labute approximate surface area is 159 Å². The fraction of sp³-hybridized carbons (Fsp3) is 0.429. The van der Waals surface area contributed by atoms with Gasteiger partial charge in [0.05, 0.1) is 5.92 Å². The molecule has 1 fully saturated rings. The van der Waals surface area contributed by atoms with Gasteiger partial charge >= 0.3 is 0 Å². The first-order valence-corrected chi connectivity index (χ1v) is 9.11. The highest BCUT2D eigenvalue weighted by Gasteiger charge is 2.45. The van der Waals surface area contributed by atoms with E-state index >= 15 is 0 Å². The van der Waals surface area contributed by atoms with Crippen LogP contribution in [0.15, 0.2) is 48.1 Å². The van der Waals surface area contributed by atoms with Gasteiger partial charge in [-0.25, -0.2) is 0 Å². The van der Waals surface area contributed by atoms with Crippen molar-refractivity contribution in [3.8, 4) is 5.75 Å². The third kappa shape index (κ3) is 5.13. The molecule has 0 radical (unpaired) electrons. The molecule has 6 nitrogen and oxygen atoms in total. The first-order chi connectivity index (χ1) is 12.7. The van der Waals surface area contributed by atoms with Crippen LogP contribution in [0, 0.1) is 11.8 Å². The van der Waals surface area contributed by atoms with E-state index in [1.54, 1.807) is 18.2 Å². The zero-order chi connectivity index (χ0) is 20.1. The van der Waals surface area contributed by atoms with Crippen molar-refractivity contribution >= 4 is 11.6 Å². The van der Waals surface area contributed by atoms with Crippen LogP contribution < -0.4 is 0 Å². The molecule has 0 spiro atoms. The molecule has 27 heavy (non-hydrogen) atoms. The van der Waals surface area contributed by atoms with Crippen LogP contribution in [-0.4, -0.2) is 44.8 Å². The van der Waals surface area contributed by atoms with E-state index in [9.17, 15) is 25.0 Å². The number of ketones is 2. The van der Waals surface area contributed by atoms with Crippen molar-refractivity contribution in [1.82, 2.24) is 5.06 Å².